The average molecular weight is 499 g/mol. The number of rotatable bonds is 5. The Balaban J connectivity index is 2.07. The molecule has 1 amide bonds. The van der Waals surface area contributed by atoms with E-state index in [0.29, 0.717) is 21.9 Å². The molecule has 0 spiro atoms. The van der Waals surface area contributed by atoms with E-state index < -0.39 is 29.9 Å². The third kappa shape index (κ3) is 4.08. The molecule has 2 unspecified atom stereocenters. The number of halogens is 3. The molecule has 188 valence electrons. The Hall–Kier alpha value is -3.89. The van der Waals surface area contributed by atoms with Crippen molar-refractivity contribution in [2.24, 2.45) is 5.73 Å². The molecule has 2 atom stereocenters. The fraction of sp³-hybridized carbons (Fsp3) is 0.231. The Morgan fingerprint density at radius 3 is 2.11 bits per heavy atom. The van der Waals surface area contributed by atoms with Crippen molar-refractivity contribution in [3.8, 4) is 11.1 Å². The van der Waals surface area contributed by atoms with Crippen molar-refractivity contribution in [2.75, 3.05) is 26.0 Å². The van der Waals surface area contributed by atoms with E-state index in [9.17, 15) is 22.8 Å². The fourth-order valence-corrected chi connectivity index (χ4v) is 4.43. The molecule has 0 radical (unpaired) electrons. The molecule has 0 aliphatic carbocycles. The summed E-state index contributed by atoms with van der Waals surface area (Å²) < 4.78 is 40.0. The van der Waals surface area contributed by atoms with Gasteiger partial charge >= 0.3 is 12.1 Å². The van der Waals surface area contributed by atoms with Gasteiger partial charge in [0.05, 0.1) is 0 Å². The summed E-state index contributed by atoms with van der Waals surface area (Å²) in [6.07, 6.45) is -6.79. The van der Waals surface area contributed by atoms with Gasteiger partial charge in [-0.25, -0.2) is 4.79 Å². The zero-order valence-corrected chi connectivity index (χ0v) is 19.9. The Kier molecular flexibility index (Phi) is 6.50. The van der Waals surface area contributed by atoms with Crippen molar-refractivity contribution >= 4 is 17.6 Å². The zero-order chi connectivity index (χ0) is 26.3. The lowest BCUT2D eigenvalue weighted by Gasteiger charge is -2.38. The smallest absolute Gasteiger partial charge is 0.377 e. The van der Waals surface area contributed by atoms with Crippen molar-refractivity contribution in [1.29, 1.82) is 0 Å². The van der Waals surface area contributed by atoms with Crippen LogP contribution in [0.2, 0.25) is 0 Å². The van der Waals surface area contributed by atoms with Crippen molar-refractivity contribution in [3.63, 3.8) is 0 Å². The number of hydroxylamine groups is 2. The molecule has 0 saturated carbocycles. The van der Waals surface area contributed by atoms with Crippen LogP contribution in [0.25, 0.3) is 11.1 Å². The van der Waals surface area contributed by atoms with Crippen molar-refractivity contribution in [3.05, 3.63) is 90.0 Å². The highest BCUT2D eigenvalue weighted by molar-refractivity contribution is 5.96. The van der Waals surface area contributed by atoms with Gasteiger partial charge in [-0.3, -0.25) is 10.5 Å². The molecule has 1 fully saturated rings. The number of hydrogen-bond donors (Lipinski definition) is 1. The van der Waals surface area contributed by atoms with Crippen LogP contribution in [0, 0.1) is 0 Å². The van der Waals surface area contributed by atoms with E-state index in [4.69, 9.17) is 10.6 Å². The van der Waals surface area contributed by atoms with Gasteiger partial charge in [-0.15, -0.1) is 0 Å². The summed E-state index contributed by atoms with van der Waals surface area (Å²) >= 11 is 0. The van der Waals surface area contributed by atoms with E-state index in [1.807, 2.05) is 36.4 Å². The van der Waals surface area contributed by atoms with Crippen LogP contribution in [0.5, 0.6) is 0 Å². The number of alkyl halides is 3. The third-order valence-corrected chi connectivity index (χ3v) is 6.18. The standard InChI is InChI=1S/C26H25F3N4O3/c1-31(2)21-15-14-18(17-10-6-4-7-11-17)16-20(21)25(19-12-8-5-9-13-19)22(34)32(3)24(30)33(25)36-23(35)26(27,28)29/h4-16,24H,30H2,1-3H3. The first-order chi connectivity index (χ1) is 17.0. The Morgan fingerprint density at radius 2 is 1.56 bits per heavy atom. The zero-order valence-electron chi connectivity index (χ0n) is 19.9. The molecule has 2 N–H and O–H groups in total. The van der Waals surface area contributed by atoms with Crippen LogP contribution in [0.1, 0.15) is 11.1 Å². The molecule has 1 saturated heterocycles. The Morgan fingerprint density at radius 1 is 0.972 bits per heavy atom. The van der Waals surface area contributed by atoms with Gasteiger partial charge in [-0.2, -0.15) is 13.2 Å². The van der Waals surface area contributed by atoms with Gasteiger partial charge in [0, 0.05) is 32.4 Å². The van der Waals surface area contributed by atoms with Gasteiger partial charge in [0.2, 0.25) is 0 Å². The maximum Gasteiger partial charge on any atom is 0.492 e. The summed E-state index contributed by atoms with van der Waals surface area (Å²) in [5, 5.41) is 0.650. The number of benzene rings is 3. The summed E-state index contributed by atoms with van der Waals surface area (Å²) in [7, 11) is 4.84. The first-order valence-electron chi connectivity index (χ1n) is 11.0. The van der Waals surface area contributed by atoms with E-state index >= 15 is 0 Å². The lowest BCUT2D eigenvalue weighted by atomic mass is 9.80. The first kappa shape index (κ1) is 25.2. The molecule has 7 nitrogen and oxygen atoms in total. The van der Waals surface area contributed by atoms with Gasteiger partial charge in [-0.05, 0) is 28.8 Å². The van der Waals surface area contributed by atoms with E-state index in [1.54, 1.807) is 61.5 Å². The highest BCUT2D eigenvalue weighted by atomic mass is 19.4. The molecule has 3 aromatic rings. The van der Waals surface area contributed by atoms with Crippen molar-refractivity contribution in [2.45, 2.75) is 18.0 Å². The van der Waals surface area contributed by atoms with Gasteiger partial charge in [0.25, 0.3) is 5.91 Å². The summed E-state index contributed by atoms with van der Waals surface area (Å²) in [5.74, 6) is -3.13. The minimum Gasteiger partial charge on any atom is -0.377 e. The molecule has 4 rings (SSSR count). The second-order valence-electron chi connectivity index (χ2n) is 8.60. The molecule has 36 heavy (non-hydrogen) atoms. The van der Waals surface area contributed by atoms with E-state index in [2.05, 4.69) is 0 Å². The van der Waals surface area contributed by atoms with Crippen LogP contribution in [-0.2, 0) is 20.0 Å². The lowest BCUT2D eigenvalue weighted by Crippen LogP contribution is -2.54. The predicted octanol–water partition coefficient (Wildman–Crippen LogP) is 3.70. The maximum absolute atomic E-state index is 14.0. The van der Waals surface area contributed by atoms with Crippen LogP contribution >= 0.6 is 0 Å². The van der Waals surface area contributed by atoms with Crippen molar-refractivity contribution in [1.82, 2.24) is 9.96 Å². The number of nitrogens with zero attached hydrogens (tertiary/aromatic N) is 3. The summed E-state index contributed by atoms with van der Waals surface area (Å²) in [5.41, 5.74) is 6.87. The molecular weight excluding hydrogens is 473 g/mol. The topological polar surface area (TPSA) is 79.1 Å². The molecule has 0 aromatic heterocycles. The van der Waals surface area contributed by atoms with E-state index in [-0.39, 0.29) is 5.56 Å². The normalized spacial score (nSPS) is 20.5. The Bertz CT molecular complexity index is 1270. The number of likely N-dealkylation sites (N-methyl/N-ethyl adjacent to an activating group) is 1. The number of nitrogens with two attached hydrogens (primary N) is 1. The molecule has 1 heterocycles. The van der Waals surface area contributed by atoms with Crippen LogP contribution in [0.3, 0.4) is 0 Å². The molecule has 3 aromatic carbocycles. The van der Waals surface area contributed by atoms with Crippen LogP contribution in [-0.4, -0.2) is 55.4 Å². The molecule has 10 heteroatoms. The van der Waals surface area contributed by atoms with Crippen LogP contribution < -0.4 is 10.6 Å². The number of amides is 1. The van der Waals surface area contributed by atoms with Crippen molar-refractivity contribution < 1.29 is 27.6 Å². The number of hydrogen-bond acceptors (Lipinski definition) is 6. The Labute approximate surface area is 206 Å². The molecule has 1 aliphatic rings. The minimum absolute atomic E-state index is 0.290. The summed E-state index contributed by atoms with van der Waals surface area (Å²) in [6.45, 7) is 0. The predicted molar refractivity (Wildman–Crippen MR) is 128 cm³/mol. The molecule has 0 bridgehead atoms. The second-order valence-corrected chi connectivity index (χ2v) is 8.60. The quantitative estimate of drug-likeness (QED) is 0.578. The van der Waals surface area contributed by atoms with Gasteiger partial charge in [-0.1, -0.05) is 71.8 Å². The third-order valence-electron chi connectivity index (χ3n) is 6.18. The fourth-order valence-electron chi connectivity index (χ4n) is 4.43. The lowest BCUT2D eigenvalue weighted by molar-refractivity contribution is -0.260. The van der Waals surface area contributed by atoms with Gasteiger partial charge in [0.1, 0.15) is 0 Å². The van der Waals surface area contributed by atoms with E-state index in [1.165, 1.54) is 7.05 Å². The first-order valence-corrected chi connectivity index (χ1v) is 11.0. The average Bonchev–Trinajstić information content (AvgIpc) is 3.05. The van der Waals surface area contributed by atoms with Gasteiger partial charge in [0.15, 0.2) is 11.8 Å². The monoisotopic (exact) mass is 498 g/mol. The highest BCUT2D eigenvalue weighted by Gasteiger charge is 2.62. The second kappa shape index (κ2) is 9.29. The summed E-state index contributed by atoms with van der Waals surface area (Å²) in [4.78, 5) is 33.8. The SMILES string of the molecule is CN(C)c1ccc(-c2ccccc2)cc1C1(c2ccccc2)C(=O)N(C)C(N)N1OC(=O)C(F)(F)F. The number of anilines is 1. The summed E-state index contributed by atoms with van der Waals surface area (Å²) in [6, 6.07) is 22.8. The highest BCUT2D eigenvalue weighted by Crippen LogP contribution is 2.48. The largest absolute Gasteiger partial charge is 0.492 e. The van der Waals surface area contributed by atoms with Crippen LogP contribution in [0.4, 0.5) is 18.9 Å². The van der Waals surface area contributed by atoms with E-state index in [0.717, 1.165) is 10.5 Å². The molecule has 1 aliphatic heterocycles. The maximum atomic E-state index is 14.0. The minimum atomic E-state index is -5.30. The number of carbonyl (C=O) groups excluding carboxylic acids is 2. The molecular formula is C26H25F3N4O3. The number of carbonyl (C=O) groups is 2. The van der Waals surface area contributed by atoms with Crippen LogP contribution in [0.15, 0.2) is 78.9 Å². The van der Waals surface area contributed by atoms with Gasteiger partial charge < -0.3 is 14.6 Å².